The molecule has 33 heavy (non-hydrogen) atoms. The fraction of sp³-hybridized carbons (Fsp3) is 0.143. The predicted molar refractivity (Wildman–Crippen MR) is 120 cm³/mol. The van der Waals surface area contributed by atoms with Crippen LogP contribution in [-0.4, -0.2) is 26.5 Å². The van der Waals surface area contributed by atoms with Crippen LogP contribution in [0.5, 0.6) is 0 Å². The molecule has 1 aromatic heterocycles. The van der Waals surface area contributed by atoms with E-state index in [0.29, 0.717) is 17.8 Å². The number of hydrogen-bond donors (Lipinski definition) is 0. The lowest BCUT2D eigenvalue weighted by atomic mass is 10.2. The molecular weight excluding hydrogens is 549 g/mol. The van der Waals surface area contributed by atoms with Crippen molar-refractivity contribution >= 4 is 49.3 Å². The number of carbonyl (C=O) groups excluding carboxylic acids is 1. The van der Waals surface area contributed by atoms with Crippen molar-refractivity contribution in [1.82, 2.24) is 4.98 Å². The van der Waals surface area contributed by atoms with Crippen LogP contribution < -0.4 is 4.31 Å². The highest BCUT2D eigenvalue weighted by atomic mass is 79.9. The highest BCUT2D eigenvalue weighted by Crippen LogP contribution is 2.36. The number of carbonyl (C=O) groups is 1. The standard InChI is InChI=1S/C21H15BrClF3N2O4S/c1-32-20(29)14-4-8-17(9-5-14)33(30,31)28(12-13-2-6-16(22)7-3-13)19-18(23)10-15(11-27-19)21(24,25)26/h2-11H,12H2,1H3. The Morgan fingerprint density at radius 2 is 1.73 bits per heavy atom. The van der Waals surface area contributed by atoms with E-state index in [1.807, 2.05) is 0 Å². The number of rotatable bonds is 6. The second-order valence-corrected chi connectivity index (χ2v) is 9.87. The van der Waals surface area contributed by atoms with E-state index < -0.39 is 32.8 Å². The summed E-state index contributed by atoms with van der Waals surface area (Å²) < 4.78 is 72.2. The number of benzene rings is 2. The molecule has 0 aliphatic rings. The summed E-state index contributed by atoms with van der Waals surface area (Å²) in [6.45, 7) is -0.257. The highest BCUT2D eigenvalue weighted by molar-refractivity contribution is 9.10. The minimum absolute atomic E-state index is 0.126. The van der Waals surface area contributed by atoms with E-state index in [9.17, 15) is 26.4 Å². The fourth-order valence-corrected chi connectivity index (χ4v) is 4.82. The van der Waals surface area contributed by atoms with Gasteiger partial charge in [0.1, 0.15) is 0 Å². The van der Waals surface area contributed by atoms with Gasteiger partial charge in [-0.1, -0.05) is 39.7 Å². The zero-order valence-electron chi connectivity index (χ0n) is 16.8. The third kappa shape index (κ3) is 5.66. The average Bonchev–Trinajstić information content (AvgIpc) is 2.77. The van der Waals surface area contributed by atoms with E-state index in [-0.39, 0.29) is 22.8 Å². The Hall–Kier alpha value is -2.63. The summed E-state index contributed by atoms with van der Waals surface area (Å²) in [5, 5.41) is -0.489. The van der Waals surface area contributed by atoms with Gasteiger partial charge in [-0.3, -0.25) is 0 Å². The largest absolute Gasteiger partial charge is 0.465 e. The van der Waals surface area contributed by atoms with Gasteiger partial charge in [0.15, 0.2) is 5.82 Å². The summed E-state index contributed by atoms with van der Waals surface area (Å²) in [7, 11) is -3.16. The average molecular weight is 564 g/mol. The molecule has 0 spiro atoms. The number of sulfonamides is 1. The summed E-state index contributed by atoms with van der Waals surface area (Å²) in [4.78, 5) is 15.2. The van der Waals surface area contributed by atoms with Crippen molar-refractivity contribution in [2.75, 3.05) is 11.4 Å². The summed E-state index contributed by atoms with van der Waals surface area (Å²) >= 11 is 9.35. The van der Waals surface area contributed by atoms with E-state index in [2.05, 4.69) is 25.7 Å². The molecule has 0 atom stereocenters. The summed E-state index contributed by atoms with van der Waals surface area (Å²) in [5.74, 6) is -1.03. The van der Waals surface area contributed by atoms with Gasteiger partial charge in [-0.2, -0.15) is 13.2 Å². The summed E-state index contributed by atoms with van der Waals surface area (Å²) in [5.41, 5.74) is -0.452. The van der Waals surface area contributed by atoms with E-state index in [4.69, 9.17) is 11.6 Å². The number of anilines is 1. The van der Waals surface area contributed by atoms with Crippen LogP contribution in [0.25, 0.3) is 0 Å². The summed E-state index contributed by atoms with van der Waals surface area (Å²) in [6, 6.07) is 12.2. The molecular formula is C21H15BrClF3N2O4S. The molecule has 0 radical (unpaired) electrons. The van der Waals surface area contributed by atoms with Gasteiger partial charge in [0.05, 0.1) is 34.7 Å². The first kappa shape index (κ1) is 25.0. The van der Waals surface area contributed by atoms with Crippen molar-refractivity contribution in [2.45, 2.75) is 17.6 Å². The first-order valence-electron chi connectivity index (χ1n) is 9.12. The van der Waals surface area contributed by atoms with Gasteiger partial charge in [0.25, 0.3) is 10.0 Å². The first-order valence-corrected chi connectivity index (χ1v) is 11.7. The predicted octanol–water partition coefficient (Wildman–Crippen LogP) is 5.70. The SMILES string of the molecule is COC(=O)c1ccc(S(=O)(=O)N(Cc2ccc(Br)cc2)c2ncc(C(F)(F)F)cc2Cl)cc1. The third-order valence-electron chi connectivity index (χ3n) is 4.49. The fourth-order valence-electron chi connectivity index (χ4n) is 2.81. The zero-order valence-corrected chi connectivity index (χ0v) is 20.0. The minimum atomic E-state index is -4.70. The Bertz CT molecular complexity index is 1270. The van der Waals surface area contributed by atoms with Gasteiger partial charge in [-0.25, -0.2) is 22.5 Å². The molecule has 0 amide bonds. The second-order valence-electron chi connectivity index (χ2n) is 6.68. The lowest BCUT2D eigenvalue weighted by Crippen LogP contribution is -2.32. The van der Waals surface area contributed by atoms with Crippen molar-refractivity contribution in [3.8, 4) is 0 Å². The highest BCUT2D eigenvalue weighted by Gasteiger charge is 2.34. The molecule has 0 aliphatic carbocycles. The van der Waals surface area contributed by atoms with E-state index >= 15 is 0 Å². The van der Waals surface area contributed by atoms with Crippen LogP contribution in [-0.2, 0) is 27.5 Å². The van der Waals surface area contributed by atoms with E-state index in [1.165, 1.54) is 31.4 Å². The van der Waals surface area contributed by atoms with Crippen molar-refractivity contribution < 1.29 is 31.1 Å². The van der Waals surface area contributed by atoms with Crippen molar-refractivity contribution in [3.63, 3.8) is 0 Å². The van der Waals surface area contributed by atoms with Crippen LogP contribution >= 0.6 is 27.5 Å². The number of aromatic nitrogens is 1. The van der Waals surface area contributed by atoms with E-state index in [1.54, 1.807) is 24.3 Å². The van der Waals surface area contributed by atoms with Crippen LogP contribution in [0.15, 0.2) is 70.2 Å². The number of halogens is 5. The molecule has 2 aromatic carbocycles. The van der Waals surface area contributed by atoms with Crippen LogP contribution in [0, 0.1) is 0 Å². The Labute approximate surface area is 201 Å². The molecule has 0 saturated carbocycles. The number of pyridine rings is 1. The molecule has 6 nitrogen and oxygen atoms in total. The monoisotopic (exact) mass is 562 g/mol. The topological polar surface area (TPSA) is 76.6 Å². The second kappa shape index (κ2) is 9.70. The maximum absolute atomic E-state index is 13.5. The first-order chi connectivity index (χ1) is 15.4. The minimum Gasteiger partial charge on any atom is -0.465 e. The molecule has 0 saturated heterocycles. The van der Waals surface area contributed by atoms with Gasteiger partial charge >= 0.3 is 12.1 Å². The molecule has 3 aromatic rings. The third-order valence-corrected chi connectivity index (χ3v) is 7.05. The van der Waals surface area contributed by atoms with Crippen molar-refractivity contribution in [2.24, 2.45) is 0 Å². The van der Waals surface area contributed by atoms with Crippen molar-refractivity contribution in [3.05, 3.63) is 87.0 Å². The smallest absolute Gasteiger partial charge is 0.417 e. The number of nitrogens with zero attached hydrogens (tertiary/aromatic N) is 2. The molecule has 0 unspecified atom stereocenters. The van der Waals surface area contributed by atoms with Crippen LogP contribution in [0.4, 0.5) is 19.0 Å². The number of hydrogen-bond acceptors (Lipinski definition) is 5. The lowest BCUT2D eigenvalue weighted by Gasteiger charge is -2.25. The maximum atomic E-state index is 13.5. The molecule has 0 aliphatic heterocycles. The number of methoxy groups -OCH3 is 1. The maximum Gasteiger partial charge on any atom is 0.417 e. The van der Waals surface area contributed by atoms with Gasteiger partial charge < -0.3 is 4.74 Å². The van der Waals surface area contributed by atoms with Gasteiger partial charge in [0.2, 0.25) is 0 Å². The molecule has 12 heteroatoms. The number of esters is 1. The summed E-state index contributed by atoms with van der Waals surface area (Å²) in [6.07, 6.45) is -4.18. The van der Waals surface area contributed by atoms with Crippen LogP contribution in [0.2, 0.25) is 5.02 Å². The molecule has 0 bridgehead atoms. The van der Waals surface area contributed by atoms with Gasteiger partial charge in [-0.15, -0.1) is 0 Å². The van der Waals surface area contributed by atoms with Gasteiger partial charge in [0, 0.05) is 10.7 Å². The Morgan fingerprint density at radius 3 is 2.24 bits per heavy atom. The number of alkyl halides is 3. The lowest BCUT2D eigenvalue weighted by molar-refractivity contribution is -0.137. The Kier molecular flexibility index (Phi) is 7.35. The molecule has 1 heterocycles. The molecule has 174 valence electrons. The Balaban J connectivity index is 2.10. The number of ether oxygens (including phenoxy) is 1. The van der Waals surface area contributed by atoms with Crippen LogP contribution in [0.3, 0.4) is 0 Å². The van der Waals surface area contributed by atoms with E-state index in [0.717, 1.165) is 8.78 Å². The molecule has 3 rings (SSSR count). The quantitative estimate of drug-likeness (QED) is 0.360. The van der Waals surface area contributed by atoms with Gasteiger partial charge in [-0.05, 0) is 48.0 Å². The Morgan fingerprint density at radius 1 is 1.12 bits per heavy atom. The van der Waals surface area contributed by atoms with Crippen LogP contribution in [0.1, 0.15) is 21.5 Å². The normalized spacial score (nSPS) is 11.8. The molecule has 0 N–H and O–H groups in total. The molecule has 0 fully saturated rings. The van der Waals surface area contributed by atoms with Crippen molar-refractivity contribution in [1.29, 1.82) is 0 Å². The zero-order chi connectivity index (χ0) is 24.4.